The number of Topliss-reactive ketones (excluding diaryl/α,β-unsaturated/α-hetero) is 1. The molecule has 0 unspecified atom stereocenters. The maximum Gasteiger partial charge on any atom is 0.169 e. The summed E-state index contributed by atoms with van der Waals surface area (Å²) >= 11 is 1.46. The van der Waals surface area contributed by atoms with Crippen LogP contribution in [0.1, 0.15) is 41.4 Å². The zero-order chi connectivity index (χ0) is 26.3. The molecule has 0 aliphatic carbocycles. The van der Waals surface area contributed by atoms with Crippen LogP contribution >= 0.6 is 11.3 Å². The third-order valence-corrected chi connectivity index (χ3v) is 8.54. The summed E-state index contributed by atoms with van der Waals surface area (Å²) in [6, 6.07) is 14.1. The lowest BCUT2D eigenvalue weighted by atomic mass is 10.1. The number of H-pyrrole nitrogens is 2. The number of nitrogens with one attached hydrogen (secondary N) is 2. The van der Waals surface area contributed by atoms with Crippen molar-refractivity contribution in [3.63, 3.8) is 0 Å². The highest BCUT2D eigenvalue weighted by molar-refractivity contribution is 7.17. The van der Waals surface area contributed by atoms with E-state index in [9.17, 15) is 4.79 Å². The number of aromatic amines is 2. The minimum Gasteiger partial charge on any atom is -0.353 e. The molecule has 0 saturated carbocycles. The molecule has 1 fully saturated rings. The van der Waals surface area contributed by atoms with Crippen LogP contribution in [0.5, 0.6) is 0 Å². The average Bonchev–Trinajstić information content (AvgIpc) is 3.71. The van der Waals surface area contributed by atoms with Crippen LogP contribution in [0, 0.1) is 0 Å². The van der Waals surface area contributed by atoms with Crippen molar-refractivity contribution in [3.05, 3.63) is 71.5 Å². The Balaban J connectivity index is 1.25. The highest BCUT2D eigenvalue weighted by Crippen LogP contribution is 2.35. The van der Waals surface area contributed by atoms with Crippen LogP contribution in [0.15, 0.2) is 61.1 Å². The lowest BCUT2D eigenvalue weighted by molar-refractivity contribution is 0.102. The largest absolute Gasteiger partial charge is 0.353 e. The first-order chi connectivity index (χ1) is 19.1. The Morgan fingerprint density at radius 2 is 1.90 bits per heavy atom. The molecule has 0 spiro atoms. The van der Waals surface area contributed by atoms with E-state index < -0.39 is 0 Å². The number of carbonyl (C=O) groups is 1. The topological polar surface area (TPSA) is 103 Å². The van der Waals surface area contributed by atoms with Crippen LogP contribution in [0.4, 0.5) is 0 Å². The fourth-order valence-electron chi connectivity index (χ4n) is 5.37. The first kappa shape index (κ1) is 23.9. The van der Waals surface area contributed by atoms with Gasteiger partial charge in [-0.25, -0.2) is 4.98 Å². The van der Waals surface area contributed by atoms with Gasteiger partial charge in [-0.05, 0) is 80.9 Å². The summed E-state index contributed by atoms with van der Waals surface area (Å²) in [5.74, 6) is 0.0604. The van der Waals surface area contributed by atoms with E-state index in [0.717, 1.165) is 79.7 Å². The second-order valence-electron chi connectivity index (χ2n) is 10.1. The Hall–Kier alpha value is -4.21. The average molecular weight is 534 g/mol. The molecule has 39 heavy (non-hydrogen) atoms. The standard InChI is InChI=1S/C30H27N7OS/c1-18(38)26-7-8-27(39-26)28-21-14-25(33-23(21)9-10-32-28)30-29-24(35-36-30)6-5-22(34-29)20-13-19(15-31-16-20)17-37-11-3-2-4-12-37/h5-10,13-16,33H,2-4,11-12,17H2,1H3,(H,35,36). The molecular weight excluding hydrogens is 506 g/mol. The van der Waals surface area contributed by atoms with Crippen molar-refractivity contribution < 1.29 is 4.79 Å². The van der Waals surface area contributed by atoms with Gasteiger partial charge in [0.25, 0.3) is 0 Å². The SMILES string of the molecule is CC(=O)c1ccc(-c2nccc3[nH]c(-c4n[nH]c5ccc(-c6cncc(CN7CCCCC7)c6)nc45)cc23)s1. The van der Waals surface area contributed by atoms with E-state index in [2.05, 4.69) is 42.2 Å². The van der Waals surface area contributed by atoms with Gasteiger partial charge in [-0.2, -0.15) is 5.10 Å². The van der Waals surface area contributed by atoms with Crippen molar-refractivity contribution in [1.29, 1.82) is 0 Å². The van der Waals surface area contributed by atoms with E-state index in [-0.39, 0.29) is 5.78 Å². The molecule has 9 heteroatoms. The number of nitrogens with zero attached hydrogens (tertiary/aromatic N) is 5. The molecule has 6 aromatic rings. The van der Waals surface area contributed by atoms with Gasteiger partial charge in [0.15, 0.2) is 5.78 Å². The van der Waals surface area contributed by atoms with Crippen LogP contribution < -0.4 is 0 Å². The molecule has 7 rings (SSSR count). The number of ketones is 1. The van der Waals surface area contributed by atoms with E-state index in [4.69, 9.17) is 4.98 Å². The molecule has 0 amide bonds. The highest BCUT2D eigenvalue weighted by atomic mass is 32.1. The van der Waals surface area contributed by atoms with E-state index in [0.29, 0.717) is 0 Å². The number of fused-ring (bicyclic) bond motifs is 2. The van der Waals surface area contributed by atoms with Crippen LogP contribution in [0.2, 0.25) is 0 Å². The number of carbonyl (C=O) groups excluding carboxylic acids is 1. The second-order valence-corrected chi connectivity index (χ2v) is 11.2. The van der Waals surface area contributed by atoms with Crippen molar-refractivity contribution in [2.24, 2.45) is 0 Å². The van der Waals surface area contributed by atoms with Gasteiger partial charge in [-0.15, -0.1) is 11.3 Å². The quantitative estimate of drug-likeness (QED) is 0.238. The molecule has 1 saturated heterocycles. The molecule has 194 valence electrons. The number of pyridine rings is 3. The van der Waals surface area contributed by atoms with E-state index in [1.165, 1.54) is 36.2 Å². The molecule has 1 aliphatic heterocycles. The van der Waals surface area contributed by atoms with Crippen LogP contribution in [-0.2, 0) is 6.54 Å². The second kappa shape index (κ2) is 9.83. The summed E-state index contributed by atoms with van der Waals surface area (Å²) in [6.45, 7) is 4.81. The molecule has 1 aliphatic rings. The maximum absolute atomic E-state index is 11.8. The Kier molecular flexibility index (Phi) is 6.02. The van der Waals surface area contributed by atoms with Gasteiger partial charge in [0.05, 0.1) is 32.4 Å². The minimum atomic E-state index is 0.0604. The fraction of sp³-hybridized carbons (Fsp3) is 0.233. The summed E-state index contributed by atoms with van der Waals surface area (Å²) in [5.41, 5.74) is 8.15. The minimum absolute atomic E-state index is 0.0604. The monoisotopic (exact) mass is 533 g/mol. The van der Waals surface area contributed by atoms with Crippen molar-refractivity contribution in [2.75, 3.05) is 13.1 Å². The highest BCUT2D eigenvalue weighted by Gasteiger charge is 2.18. The Bertz CT molecular complexity index is 1830. The van der Waals surface area contributed by atoms with E-state index >= 15 is 0 Å². The maximum atomic E-state index is 11.8. The molecule has 6 aromatic heterocycles. The third kappa shape index (κ3) is 4.53. The first-order valence-electron chi connectivity index (χ1n) is 13.2. The Morgan fingerprint density at radius 3 is 2.74 bits per heavy atom. The van der Waals surface area contributed by atoms with Gasteiger partial charge in [-0.1, -0.05) is 6.42 Å². The van der Waals surface area contributed by atoms with Gasteiger partial charge < -0.3 is 4.98 Å². The molecule has 0 radical (unpaired) electrons. The number of rotatable bonds is 6. The van der Waals surface area contributed by atoms with Crippen LogP contribution in [0.3, 0.4) is 0 Å². The third-order valence-electron chi connectivity index (χ3n) is 7.34. The Labute approximate surface area is 229 Å². The fourth-order valence-corrected chi connectivity index (χ4v) is 6.28. The summed E-state index contributed by atoms with van der Waals surface area (Å²) in [7, 11) is 0. The number of piperidine rings is 1. The lowest BCUT2D eigenvalue weighted by Crippen LogP contribution is -2.29. The number of likely N-dealkylation sites (tertiary alicyclic amines) is 1. The van der Waals surface area contributed by atoms with Crippen molar-refractivity contribution in [2.45, 2.75) is 32.7 Å². The molecular formula is C30H27N7OS. The van der Waals surface area contributed by atoms with Crippen LogP contribution in [0.25, 0.3) is 55.2 Å². The van der Waals surface area contributed by atoms with Gasteiger partial charge in [0.2, 0.25) is 0 Å². The number of thiophene rings is 1. The summed E-state index contributed by atoms with van der Waals surface area (Å²) in [4.78, 5) is 33.7. The predicted octanol–water partition coefficient (Wildman–Crippen LogP) is 6.48. The van der Waals surface area contributed by atoms with Gasteiger partial charge >= 0.3 is 0 Å². The predicted molar refractivity (Wildman–Crippen MR) is 155 cm³/mol. The van der Waals surface area contributed by atoms with Gasteiger partial charge in [0, 0.05) is 41.6 Å². The zero-order valence-electron chi connectivity index (χ0n) is 21.6. The molecule has 0 bridgehead atoms. The first-order valence-corrected chi connectivity index (χ1v) is 14.0. The smallest absolute Gasteiger partial charge is 0.169 e. The van der Waals surface area contributed by atoms with Crippen molar-refractivity contribution in [1.82, 2.24) is 35.0 Å². The van der Waals surface area contributed by atoms with Crippen LogP contribution in [-0.4, -0.2) is 53.9 Å². The normalized spacial score (nSPS) is 14.4. The number of hydrogen-bond donors (Lipinski definition) is 2. The summed E-state index contributed by atoms with van der Waals surface area (Å²) in [6.07, 6.45) is 9.50. The molecule has 2 N–H and O–H groups in total. The summed E-state index contributed by atoms with van der Waals surface area (Å²) in [5, 5.41) is 8.73. The number of aromatic nitrogens is 6. The van der Waals surface area contributed by atoms with Gasteiger partial charge in [0.1, 0.15) is 11.2 Å². The zero-order valence-corrected chi connectivity index (χ0v) is 22.4. The molecule has 0 atom stereocenters. The molecule has 0 aromatic carbocycles. The van der Waals surface area contributed by atoms with Crippen molar-refractivity contribution in [3.8, 4) is 33.2 Å². The summed E-state index contributed by atoms with van der Waals surface area (Å²) < 4.78 is 0. The number of hydrogen-bond acceptors (Lipinski definition) is 7. The van der Waals surface area contributed by atoms with E-state index in [1.54, 1.807) is 13.1 Å². The van der Waals surface area contributed by atoms with Gasteiger partial charge in [-0.3, -0.25) is 24.8 Å². The van der Waals surface area contributed by atoms with Crippen molar-refractivity contribution >= 4 is 39.1 Å². The molecule has 8 nitrogen and oxygen atoms in total. The lowest BCUT2D eigenvalue weighted by Gasteiger charge is -2.26. The van der Waals surface area contributed by atoms with E-state index in [1.807, 2.05) is 42.7 Å². The molecule has 7 heterocycles. The Morgan fingerprint density at radius 1 is 1.00 bits per heavy atom.